The fourth-order valence-corrected chi connectivity index (χ4v) is 6.96. The van der Waals surface area contributed by atoms with Crippen molar-refractivity contribution in [3.8, 4) is 22.6 Å². The van der Waals surface area contributed by atoms with Crippen LogP contribution in [-0.4, -0.2) is 93.5 Å². The molecule has 0 spiro atoms. The van der Waals surface area contributed by atoms with E-state index in [9.17, 15) is 13.2 Å². The molecule has 1 aromatic heterocycles. The predicted molar refractivity (Wildman–Crippen MR) is 181 cm³/mol. The molecule has 2 aliphatic rings. The van der Waals surface area contributed by atoms with Crippen LogP contribution >= 0.6 is 23.2 Å². The second-order valence-electron chi connectivity index (χ2n) is 12.1. The number of nitrogens with one attached hydrogen (secondary N) is 1. The number of carbonyl (C=O) groups excluding carboxylic acids is 1. The summed E-state index contributed by atoms with van der Waals surface area (Å²) < 4.78 is 29.4. The molecule has 12 heteroatoms. The Balaban J connectivity index is 1.26. The highest BCUT2D eigenvalue weighted by Crippen LogP contribution is 2.33. The van der Waals surface area contributed by atoms with E-state index in [1.165, 1.54) is 6.26 Å². The minimum atomic E-state index is -2.97. The first-order chi connectivity index (χ1) is 21.5. The molecule has 0 saturated carbocycles. The van der Waals surface area contributed by atoms with Gasteiger partial charge in [0.15, 0.2) is 0 Å². The Kier molecular flexibility index (Phi) is 11.3. The molecule has 9 nitrogen and oxygen atoms in total. The van der Waals surface area contributed by atoms with Crippen molar-refractivity contribution in [1.82, 2.24) is 20.1 Å². The van der Waals surface area contributed by atoms with Crippen molar-refractivity contribution in [3.63, 3.8) is 0 Å². The van der Waals surface area contributed by atoms with Gasteiger partial charge in [-0.3, -0.25) is 14.6 Å². The van der Waals surface area contributed by atoms with E-state index in [0.717, 1.165) is 87.7 Å². The number of piperidine rings is 1. The van der Waals surface area contributed by atoms with E-state index in [-0.39, 0.29) is 11.7 Å². The maximum absolute atomic E-state index is 11.5. The van der Waals surface area contributed by atoms with Crippen LogP contribution in [-0.2, 0) is 21.2 Å². The number of carbonyl (C=O) groups is 1. The number of sulfone groups is 1. The summed E-state index contributed by atoms with van der Waals surface area (Å²) in [7, 11) is -2.97. The molecule has 1 N–H and O–H groups in total. The number of ether oxygens (including phenoxy) is 1. The lowest BCUT2D eigenvalue weighted by atomic mass is 9.96. The minimum absolute atomic E-state index is 0.0227. The Labute approximate surface area is 276 Å². The summed E-state index contributed by atoms with van der Waals surface area (Å²) in [6.45, 7) is 8.73. The van der Waals surface area contributed by atoms with Crippen molar-refractivity contribution >= 4 is 44.8 Å². The van der Waals surface area contributed by atoms with Crippen LogP contribution in [0.25, 0.3) is 11.1 Å². The third-order valence-electron chi connectivity index (χ3n) is 8.35. The maximum atomic E-state index is 11.5. The third kappa shape index (κ3) is 10.3. The van der Waals surface area contributed by atoms with E-state index < -0.39 is 9.84 Å². The molecule has 5 rings (SSSR count). The molecule has 242 valence electrons. The minimum Gasteiger partial charge on any atom is -0.456 e. The lowest BCUT2D eigenvalue weighted by Crippen LogP contribution is -2.47. The Morgan fingerprint density at radius 2 is 1.60 bits per heavy atom. The summed E-state index contributed by atoms with van der Waals surface area (Å²) in [4.78, 5) is 22.8. The Morgan fingerprint density at radius 1 is 0.911 bits per heavy atom. The highest BCUT2D eigenvalue weighted by Gasteiger charge is 2.21. The summed E-state index contributed by atoms with van der Waals surface area (Å²) in [5, 5.41) is 4.10. The van der Waals surface area contributed by atoms with Crippen molar-refractivity contribution in [2.24, 2.45) is 5.92 Å². The summed E-state index contributed by atoms with van der Waals surface area (Å²) in [5.74, 6) is 2.92. The van der Waals surface area contributed by atoms with E-state index in [0.29, 0.717) is 34.0 Å². The van der Waals surface area contributed by atoms with Gasteiger partial charge < -0.3 is 15.0 Å². The first-order valence-electron chi connectivity index (χ1n) is 15.4. The number of rotatable bonds is 11. The van der Waals surface area contributed by atoms with Gasteiger partial charge in [0.25, 0.3) is 0 Å². The Bertz CT molecular complexity index is 1550. The molecule has 2 aromatic carbocycles. The van der Waals surface area contributed by atoms with E-state index in [2.05, 4.69) is 37.1 Å². The fourth-order valence-electron chi connectivity index (χ4n) is 5.84. The number of likely N-dealkylation sites (tertiary alicyclic amines) is 1. The topological polar surface area (TPSA) is 95.1 Å². The molecule has 0 aliphatic carbocycles. The van der Waals surface area contributed by atoms with Crippen molar-refractivity contribution in [1.29, 1.82) is 0 Å². The molecular formula is C33H41Cl2N5O4S. The summed E-state index contributed by atoms with van der Waals surface area (Å²) >= 11 is 12.7. The number of piperazine rings is 1. The first kappa shape index (κ1) is 33.5. The molecule has 2 saturated heterocycles. The van der Waals surface area contributed by atoms with Gasteiger partial charge in [0.05, 0.1) is 11.9 Å². The molecular weight excluding hydrogens is 633 g/mol. The van der Waals surface area contributed by atoms with Gasteiger partial charge in [0, 0.05) is 69.0 Å². The quantitative estimate of drug-likeness (QED) is 0.291. The second-order valence-corrected chi connectivity index (χ2v) is 15.2. The lowest BCUT2D eigenvalue weighted by molar-refractivity contribution is -0.119. The average molecular weight is 675 g/mol. The number of anilines is 1. The standard InChI is InChI=1S/C33H41Cl2N5O4S/c1-24(41)36-21-25-5-7-39(8-6-25)23-26-15-27(28-17-29(34)20-30(35)18-28)19-32(16-26)44-31-3-4-33(37-22-31)40-11-9-38(10-12-40)13-14-45(2,42)43/h3-4,15-20,22,25H,5-14,21,23H2,1-2H3,(H,36,41). The van der Waals surface area contributed by atoms with E-state index in [1.807, 2.05) is 30.3 Å². The summed E-state index contributed by atoms with van der Waals surface area (Å²) in [6.07, 6.45) is 5.11. The molecule has 45 heavy (non-hydrogen) atoms. The van der Waals surface area contributed by atoms with Gasteiger partial charge in [-0.2, -0.15) is 0 Å². The van der Waals surface area contributed by atoms with Gasteiger partial charge in [0.2, 0.25) is 5.91 Å². The SMILES string of the molecule is CC(=O)NCC1CCN(Cc2cc(Oc3ccc(N4CCN(CCS(C)(=O)=O)CC4)nc3)cc(-c3cc(Cl)cc(Cl)c3)c2)CC1. The number of hydrogen-bond acceptors (Lipinski definition) is 8. The predicted octanol–water partition coefficient (Wildman–Crippen LogP) is 5.36. The zero-order chi connectivity index (χ0) is 32.0. The average Bonchev–Trinajstić information content (AvgIpc) is 2.99. The monoisotopic (exact) mass is 673 g/mol. The molecule has 0 radical (unpaired) electrons. The van der Waals surface area contributed by atoms with Crippen LogP contribution in [0, 0.1) is 5.92 Å². The number of hydrogen-bond donors (Lipinski definition) is 1. The number of amides is 1. The highest BCUT2D eigenvalue weighted by atomic mass is 35.5. The van der Waals surface area contributed by atoms with E-state index >= 15 is 0 Å². The number of pyridine rings is 1. The fraction of sp³-hybridized carbons (Fsp3) is 0.455. The van der Waals surface area contributed by atoms with E-state index in [1.54, 1.807) is 19.2 Å². The first-order valence-corrected chi connectivity index (χ1v) is 18.2. The van der Waals surface area contributed by atoms with Crippen molar-refractivity contribution in [3.05, 3.63) is 70.3 Å². The van der Waals surface area contributed by atoms with Crippen LogP contribution in [0.15, 0.2) is 54.7 Å². The van der Waals surface area contributed by atoms with E-state index in [4.69, 9.17) is 27.9 Å². The number of benzene rings is 2. The highest BCUT2D eigenvalue weighted by molar-refractivity contribution is 7.90. The molecule has 1 amide bonds. The molecule has 2 fully saturated rings. The van der Waals surface area contributed by atoms with Crippen LogP contribution in [0.4, 0.5) is 5.82 Å². The molecule has 0 unspecified atom stereocenters. The Morgan fingerprint density at radius 3 is 2.22 bits per heavy atom. The van der Waals surface area contributed by atoms with Gasteiger partial charge in [-0.1, -0.05) is 23.2 Å². The van der Waals surface area contributed by atoms with Gasteiger partial charge in [0.1, 0.15) is 27.2 Å². The van der Waals surface area contributed by atoms with Crippen LogP contribution in [0.2, 0.25) is 10.0 Å². The lowest BCUT2D eigenvalue weighted by Gasteiger charge is -2.35. The molecule has 3 aromatic rings. The maximum Gasteiger partial charge on any atom is 0.216 e. The second kappa shape index (κ2) is 15.1. The van der Waals surface area contributed by atoms with Gasteiger partial charge >= 0.3 is 0 Å². The summed E-state index contributed by atoms with van der Waals surface area (Å²) in [5.41, 5.74) is 3.00. The van der Waals surface area contributed by atoms with Crippen molar-refractivity contribution in [2.45, 2.75) is 26.3 Å². The molecule has 2 aliphatic heterocycles. The van der Waals surface area contributed by atoms with Crippen LogP contribution in [0.5, 0.6) is 11.5 Å². The molecule has 3 heterocycles. The smallest absolute Gasteiger partial charge is 0.216 e. The van der Waals surface area contributed by atoms with Crippen LogP contribution in [0.3, 0.4) is 0 Å². The third-order valence-corrected chi connectivity index (χ3v) is 9.71. The largest absolute Gasteiger partial charge is 0.456 e. The normalized spacial score (nSPS) is 16.9. The number of halogens is 2. The van der Waals surface area contributed by atoms with Gasteiger partial charge in [-0.05, 0) is 97.1 Å². The zero-order valence-corrected chi connectivity index (χ0v) is 28.2. The van der Waals surface area contributed by atoms with Crippen LogP contribution in [0.1, 0.15) is 25.3 Å². The van der Waals surface area contributed by atoms with Crippen LogP contribution < -0.4 is 15.0 Å². The van der Waals surface area contributed by atoms with Crippen molar-refractivity contribution in [2.75, 3.05) is 69.3 Å². The zero-order valence-electron chi connectivity index (χ0n) is 25.8. The Hall–Kier alpha value is -2.89. The van der Waals surface area contributed by atoms with Crippen molar-refractivity contribution < 1.29 is 17.9 Å². The number of aromatic nitrogens is 1. The molecule has 0 bridgehead atoms. The van der Waals surface area contributed by atoms with Gasteiger partial charge in [-0.25, -0.2) is 13.4 Å². The summed E-state index contributed by atoms with van der Waals surface area (Å²) in [6, 6.07) is 15.7. The number of nitrogens with zero attached hydrogens (tertiary/aromatic N) is 4. The van der Waals surface area contributed by atoms with Gasteiger partial charge in [-0.15, -0.1) is 0 Å². The molecule has 0 atom stereocenters.